The summed E-state index contributed by atoms with van der Waals surface area (Å²) in [6, 6.07) is 1.97. The highest BCUT2D eigenvalue weighted by atomic mass is 16.8. The van der Waals surface area contributed by atoms with Crippen LogP contribution in [0.4, 0.5) is 0 Å². The molecule has 1 aromatic rings. The van der Waals surface area contributed by atoms with E-state index in [-0.39, 0.29) is 0 Å². The van der Waals surface area contributed by atoms with Crippen LogP contribution >= 0.6 is 0 Å². The molecule has 0 aliphatic carbocycles. The maximum Gasteiger partial charge on any atom is 0.195 e. The van der Waals surface area contributed by atoms with E-state index in [0.717, 1.165) is 35.3 Å². The zero-order valence-electron chi connectivity index (χ0n) is 18.5. The molecule has 1 unspecified atom stereocenters. The Morgan fingerprint density at radius 3 is 2.46 bits per heavy atom. The number of hydrogen-bond acceptors (Lipinski definition) is 5. The van der Waals surface area contributed by atoms with Crippen molar-refractivity contribution in [2.75, 3.05) is 27.9 Å². The van der Waals surface area contributed by atoms with Crippen LogP contribution in [0.5, 0.6) is 11.5 Å². The average Bonchev–Trinajstić information content (AvgIpc) is 2.94. The van der Waals surface area contributed by atoms with Gasteiger partial charge in [0.15, 0.2) is 12.1 Å². The van der Waals surface area contributed by atoms with Crippen molar-refractivity contribution in [3.05, 3.63) is 46.1 Å². The third-order valence-corrected chi connectivity index (χ3v) is 5.15. The van der Waals surface area contributed by atoms with Gasteiger partial charge in [-0.05, 0) is 59.6 Å². The lowest BCUT2D eigenvalue weighted by molar-refractivity contribution is -0.280. The van der Waals surface area contributed by atoms with Crippen LogP contribution in [0, 0.1) is 6.92 Å². The van der Waals surface area contributed by atoms with E-state index >= 15 is 0 Å². The summed E-state index contributed by atoms with van der Waals surface area (Å²) in [7, 11) is 4.87. The van der Waals surface area contributed by atoms with Crippen molar-refractivity contribution in [3.8, 4) is 11.5 Å². The predicted molar refractivity (Wildman–Crippen MR) is 111 cm³/mol. The molecule has 5 nitrogen and oxygen atoms in total. The molecule has 0 radical (unpaired) electrons. The molecule has 28 heavy (non-hydrogen) atoms. The molecule has 1 aliphatic rings. The summed E-state index contributed by atoms with van der Waals surface area (Å²) >= 11 is 0. The largest absolute Gasteiger partial charge is 0.496 e. The molecule has 0 fully saturated rings. The minimum Gasteiger partial charge on any atom is -0.496 e. The van der Waals surface area contributed by atoms with Gasteiger partial charge in [0, 0.05) is 25.3 Å². The van der Waals surface area contributed by atoms with Crippen LogP contribution in [0.15, 0.2) is 29.4 Å². The molecule has 0 bridgehead atoms. The Balaban J connectivity index is 2.25. The molecular weight excluding hydrogens is 356 g/mol. The number of rotatable bonds is 9. The number of methoxy groups -OCH3 is 3. The van der Waals surface area contributed by atoms with Crippen molar-refractivity contribution < 1.29 is 23.7 Å². The monoisotopic (exact) mass is 390 g/mol. The van der Waals surface area contributed by atoms with E-state index in [4.69, 9.17) is 23.7 Å². The summed E-state index contributed by atoms with van der Waals surface area (Å²) in [5.41, 5.74) is 5.30. The molecule has 1 heterocycles. The highest BCUT2D eigenvalue weighted by Gasteiger charge is 2.45. The summed E-state index contributed by atoms with van der Waals surface area (Å²) in [6.07, 6.45) is 5.93. The molecule has 0 aromatic heterocycles. The van der Waals surface area contributed by atoms with Gasteiger partial charge >= 0.3 is 0 Å². The Labute approximate surface area is 169 Å². The van der Waals surface area contributed by atoms with Crippen molar-refractivity contribution >= 4 is 0 Å². The van der Waals surface area contributed by atoms with Gasteiger partial charge in [-0.15, -0.1) is 0 Å². The SMILES string of the molecule is COc1c(C)c(OC/C=C(\C)CCC=C(C)C)cc2c1C(OC)O[C@]2(C)OC. The van der Waals surface area contributed by atoms with E-state index in [1.54, 1.807) is 21.3 Å². The lowest BCUT2D eigenvalue weighted by atomic mass is 9.98. The standard InChI is InChI=1S/C23H34O5/c1-15(2)10-9-11-16(3)12-13-27-19-14-18-20(21(24-6)17(19)4)22(25-7)28-23(18,5)26-8/h10,12,14,22H,9,11,13H2,1-8H3/b16-12+/t22?,23-/m0/s1. The van der Waals surface area contributed by atoms with Gasteiger partial charge < -0.3 is 23.7 Å². The lowest BCUT2D eigenvalue weighted by Crippen LogP contribution is -2.23. The van der Waals surface area contributed by atoms with E-state index in [0.29, 0.717) is 12.4 Å². The average molecular weight is 391 g/mol. The van der Waals surface area contributed by atoms with Gasteiger partial charge in [0.25, 0.3) is 0 Å². The third-order valence-electron chi connectivity index (χ3n) is 5.15. The maximum absolute atomic E-state index is 6.09. The summed E-state index contributed by atoms with van der Waals surface area (Å²) in [4.78, 5) is 0. The fraction of sp³-hybridized carbons (Fsp3) is 0.565. The zero-order chi connectivity index (χ0) is 20.9. The summed E-state index contributed by atoms with van der Waals surface area (Å²) in [6.45, 7) is 10.7. The van der Waals surface area contributed by atoms with Gasteiger partial charge in [-0.3, -0.25) is 0 Å². The van der Waals surface area contributed by atoms with Crippen LogP contribution in [0.2, 0.25) is 0 Å². The van der Waals surface area contributed by atoms with Gasteiger partial charge in [0.05, 0.1) is 12.7 Å². The smallest absolute Gasteiger partial charge is 0.195 e. The molecule has 0 saturated carbocycles. The first-order valence-corrected chi connectivity index (χ1v) is 9.66. The third kappa shape index (κ3) is 4.77. The van der Waals surface area contributed by atoms with Crippen LogP contribution in [0.25, 0.3) is 0 Å². The Morgan fingerprint density at radius 1 is 1.18 bits per heavy atom. The topological polar surface area (TPSA) is 46.2 Å². The zero-order valence-corrected chi connectivity index (χ0v) is 18.5. The number of hydrogen-bond donors (Lipinski definition) is 0. The quantitative estimate of drug-likeness (QED) is 0.516. The van der Waals surface area contributed by atoms with Gasteiger partial charge in [-0.2, -0.15) is 0 Å². The molecule has 0 saturated heterocycles. The highest BCUT2D eigenvalue weighted by molar-refractivity contribution is 5.57. The van der Waals surface area contributed by atoms with Crippen molar-refractivity contribution in [1.29, 1.82) is 0 Å². The van der Waals surface area contributed by atoms with Crippen LogP contribution < -0.4 is 9.47 Å². The van der Waals surface area contributed by atoms with Crippen molar-refractivity contribution in [2.24, 2.45) is 0 Å². The Kier molecular flexibility index (Phi) is 7.70. The summed E-state index contributed by atoms with van der Waals surface area (Å²) < 4.78 is 28.9. The molecule has 2 rings (SSSR count). The molecule has 5 heteroatoms. The van der Waals surface area contributed by atoms with Gasteiger partial charge in [-0.25, -0.2) is 0 Å². The molecule has 1 aromatic carbocycles. The fourth-order valence-electron chi connectivity index (χ4n) is 3.39. The van der Waals surface area contributed by atoms with Gasteiger partial charge in [0.2, 0.25) is 0 Å². The Hall–Kier alpha value is -1.82. The van der Waals surface area contributed by atoms with E-state index in [2.05, 4.69) is 32.9 Å². The highest BCUT2D eigenvalue weighted by Crippen LogP contribution is 2.51. The number of fused-ring (bicyclic) bond motifs is 1. The van der Waals surface area contributed by atoms with Gasteiger partial charge in [-0.1, -0.05) is 17.2 Å². The normalized spacial score (nSPS) is 21.4. The van der Waals surface area contributed by atoms with E-state index < -0.39 is 12.1 Å². The number of allylic oxidation sites excluding steroid dienone is 3. The molecule has 2 atom stereocenters. The first-order chi connectivity index (χ1) is 13.3. The minimum atomic E-state index is -0.912. The summed E-state index contributed by atoms with van der Waals surface area (Å²) in [5, 5.41) is 0. The van der Waals surface area contributed by atoms with Gasteiger partial charge in [0.1, 0.15) is 18.1 Å². The van der Waals surface area contributed by atoms with Crippen molar-refractivity contribution in [3.63, 3.8) is 0 Å². The molecular formula is C23H34O5. The molecule has 1 aliphatic heterocycles. The second-order valence-electron chi connectivity index (χ2n) is 7.51. The number of ether oxygens (including phenoxy) is 5. The maximum atomic E-state index is 6.09. The second kappa shape index (κ2) is 9.59. The second-order valence-corrected chi connectivity index (χ2v) is 7.51. The minimum absolute atomic E-state index is 0.502. The van der Waals surface area contributed by atoms with E-state index in [9.17, 15) is 0 Å². The van der Waals surface area contributed by atoms with Crippen molar-refractivity contribution in [2.45, 2.75) is 59.5 Å². The molecule has 0 N–H and O–H groups in total. The van der Waals surface area contributed by atoms with E-state index in [1.807, 2.05) is 19.9 Å². The lowest BCUT2D eigenvalue weighted by Gasteiger charge is -2.24. The van der Waals surface area contributed by atoms with Crippen LogP contribution in [-0.4, -0.2) is 27.9 Å². The Bertz CT molecular complexity index is 746. The number of benzene rings is 1. The van der Waals surface area contributed by atoms with Crippen molar-refractivity contribution in [1.82, 2.24) is 0 Å². The Morgan fingerprint density at radius 2 is 1.89 bits per heavy atom. The molecule has 156 valence electrons. The van der Waals surface area contributed by atoms with Crippen LogP contribution in [0.3, 0.4) is 0 Å². The first-order valence-electron chi connectivity index (χ1n) is 9.66. The predicted octanol–water partition coefficient (Wildman–Crippen LogP) is 5.57. The van der Waals surface area contributed by atoms with Crippen LogP contribution in [-0.2, 0) is 20.0 Å². The molecule has 0 spiro atoms. The molecule has 0 amide bonds. The summed E-state index contributed by atoms with van der Waals surface area (Å²) in [5.74, 6) is 0.558. The first kappa shape index (κ1) is 22.5. The van der Waals surface area contributed by atoms with Crippen LogP contribution in [0.1, 0.15) is 63.5 Å². The van der Waals surface area contributed by atoms with E-state index in [1.165, 1.54) is 11.1 Å². The fourth-order valence-corrected chi connectivity index (χ4v) is 3.39.